The van der Waals surface area contributed by atoms with Crippen molar-refractivity contribution in [1.29, 1.82) is 0 Å². The zero-order valence-corrected chi connectivity index (χ0v) is 11.9. The molecule has 0 heterocycles. The zero-order valence-electron chi connectivity index (χ0n) is 11.9. The highest BCUT2D eigenvalue weighted by Crippen LogP contribution is 2.43. The van der Waals surface area contributed by atoms with E-state index in [1.807, 2.05) is 6.07 Å². The standard InChI is InChI=1S/C17H26O/c1-17(2,3)15-10-8-13(9-11-15)16-7-5-4-6-14(16)12-18/h4-7,13,15,18H,8-12H2,1-3H3. The fourth-order valence-corrected chi connectivity index (χ4v) is 3.35. The maximum absolute atomic E-state index is 9.43. The van der Waals surface area contributed by atoms with Crippen LogP contribution in [0.1, 0.15) is 63.5 Å². The van der Waals surface area contributed by atoms with E-state index >= 15 is 0 Å². The molecule has 0 bridgehead atoms. The fraction of sp³-hybridized carbons (Fsp3) is 0.647. The molecule has 0 aliphatic heterocycles. The van der Waals surface area contributed by atoms with Gasteiger partial charge in [-0.2, -0.15) is 0 Å². The Morgan fingerprint density at radius 1 is 1.06 bits per heavy atom. The van der Waals surface area contributed by atoms with Gasteiger partial charge in [-0.1, -0.05) is 45.0 Å². The van der Waals surface area contributed by atoms with Crippen LogP contribution >= 0.6 is 0 Å². The molecule has 0 unspecified atom stereocenters. The number of aliphatic hydroxyl groups is 1. The van der Waals surface area contributed by atoms with Crippen molar-refractivity contribution in [3.05, 3.63) is 35.4 Å². The first-order chi connectivity index (χ1) is 8.52. The molecule has 1 aliphatic rings. The lowest BCUT2D eigenvalue weighted by Gasteiger charge is -2.37. The Balaban J connectivity index is 2.06. The average molecular weight is 246 g/mol. The van der Waals surface area contributed by atoms with E-state index in [4.69, 9.17) is 0 Å². The van der Waals surface area contributed by atoms with Gasteiger partial charge in [-0.05, 0) is 54.1 Å². The second kappa shape index (κ2) is 5.44. The molecular formula is C17H26O. The number of hydrogen-bond donors (Lipinski definition) is 1. The number of rotatable bonds is 2. The summed E-state index contributed by atoms with van der Waals surface area (Å²) in [7, 11) is 0. The normalized spacial score (nSPS) is 25.1. The Labute approximate surface area is 111 Å². The third kappa shape index (κ3) is 2.95. The Kier molecular flexibility index (Phi) is 4.11. The molecule has 18 heavy (non-hydrogen) atoms. The van der Waals surface area contributed by atoms with Crippen LogP contribution in [0.5, 0.6) is 0 Å². The molecule has 0 aromatic heterocycles. The van der Waals surface area contributed by atoms with Gasteiger partial charge in [-0.15, -0.1) is 0 Å². The Bertz CT molecular complexity index is 381. The molecule has 1 saturated carbocycles. The summed E-state index contributed by atoms with van der Waals surface area (Å²) < 4.78 is 0. The summed E-state index contributed by atoms with van der Waals surface area (Å²) in [5.41, 5.74) is 2.95. The molecule has 100 valence electrons. The van der Waals surface area contributed by atoms with E-state index in [2.05, 4.69) is 39.0 Å². The zero-order chi connectivity index (χ0) is 13.2. The Hall–Kier alpha value is -0.820. The summed E-state index contributed by atoms with van der Waals surface area (Å²) in [6.07, 6.45) is 5.21. The molecule has 0 radical (unpaired) electrons. The molecule has 1 aromatic rings. The monoisotopic (exact) mass is 246 g/mol. The van der Waals surface area contributed by atoms with Crippen molar-refractivity contribution in [1.82, 2.24) is 0 Å². The van der Waals surface area contributed by atoms with Crippen LogP contribution in [-0.2, 0) is 6.61 Å². The second-order valence-electron chi connectivity index (χ2n) is 6.77. The van der Waals surface area contributed by atoms with Crippen molar-refractivity contribution in [2.45, 2.75) is 59.0 Å². The van der Waals surface area contributed by atoms with Crippen LogP contribution < -0.4 is 0 Å². The number of aliphatic hydroxyl groups excluding tert-OH is 1. The van der Waals surface area contributed by atoms with Crippen LogP contribution in [0.4, 0.5) is 0 Å². The lowest BCUT2D eigenvalue weighted by Crippen LogP contribution is -2.25. The smallest absolute Gasteiger partial charge is 0.0684 e. The van der Waals surface area contributed by atoms with E-state index in [-0.39, 0.29) is 6.61 Å². The average Bonchev–Trinajstić information content (AvgIpc) is 2.38. The molecule has 1 fully saturated rings. The van der Waals surface area contributed by atoms with Gasteiger partial charge in [0.2, 0.25) is 0 Å². The van der Waals surface area contributed by atoms with Gasteiger partial charge in [-0.3, -0.25) is 0 Å². The molecule has 1 aliphatic carbocycles. The van der Waals surface area contributed by atoms with Crippen LogP contribution in [0.3, 0.4) is 0 Å². The van der Waals surface area contributed by atoms with Gasteiger partial charge in [0, 0.05) is 0 Å². The lowest BCUT2D eigenvalue weighted by atomic mass is 9.68. The van der Waals surface area contributed by atoms with E-state index in [0.717, 1.165) is 11.5 Å². The maximum atomic E-state index is 9.43. The van der Waals surface area contributed by atoms with Gasteiger partial charge in [-0.25, -0.2) is 0 Å². The van der Waals surface area contributed by atoms with Gasteiger partial charge >= 0.3 is 0 Å². The Morgan fingerprint density at radius 2 is 1.67 bits per heavy atom. The molecule has 1 heteroatoms. The first-order valence-corrected chi connectivity index (χ1v) is 7.21. The van der Waals surface area contributed by atoms with Crippen LogP contribution in [-0.4, -0.2) is 5.11 Å². The third-order valence-corrected chi connectivity index (χ3v) is 4.62. The van der Waals surface area contributed by atoms with Gasteiger partial charge < -0.3 is 5.11 Å². The van der Waals surface area contributed by atoms with Gasteiger partial charge in [0.15, 0.2) is 0 Å². The molecule has 0 amide bonds. The van der Waals surface area contributed by atoms with Gasteiger partial charge in [0.1, 0.15) is 0 Å². The summed E-state index contributed by atoms with van der Waals surface area (Å²) >= 11 is 0. The topological polar surface area (TPSA) is 20.2 Å². The summed E-state index contributed by atoms with van der Waals surface area (Å²) in [5.74, 6) is 1.52. The minimum Gasteiger partial charge on any atom is -0.392 e. The number of benzene rings is 1. The van der Waals surface area contributed by atoms with Crippen molar-refractivity contribution in [3.8, 4) is 0 Å². The maximum Gasteiger partial charge on any atom is 0.0684 e. The molecule has 1 N–H and O–H groups in total. The first kappa shape index (κ1) is 13.6. The summed E-state index contributed by atoms with van der Waals surface area (Å²) in [4.78, 5) is 0. The highest BCUT2D eigenvalue weighted by molar-refractivity contribution is 5.30. The predicted octanol–water partition coefficient (Wildman–Crippen LogP) is 4.50. The highest BCUT2D eigenvalue weighted by atomic mass is 16.3. The van der Waals surface area contributed by atoms with Crippen molar-refractivity contribution < 1.29 is 5.11 Å². The molecule has 1 aromatic carbocycles. The summed E-state index contributed by atoms with van der Waals surface area (Å²) in [6, 6.07) is 8.39. The molecule has 1 nitrogen and oxygen atoms in total. The summed E-state index contributed by atoms with van der Waals surface area (Å²) in [6.45, 7) is 7.26. The van der Waals surface area contributed by atoms with E-state index in [1.165, 1.54) is 31.2 Å². The van der Waals surface area contributed by atoms with Gasteiger partial charge in [0.05, 0.1) is 6.61 Å². The highest BCUT2D eigenvalue weighted by Gasteiger charge is 2.30. The van der Waals surface area contributed by atoms with Crippen LogP contribution in [0.15, 0.2) is 24.3 Å². The van der Waals surface area contributed by atoms with E-state index in [0.29, 0.717) is 11.3 Å². The predicted molar refractivity (Wildman–Crippen MR) is 76.5 cm³/mol. The largest absolute Gasteiger partial charge is 0.392 e. The SMILES string of the molecule is CC(C)(C)C1CCC(c2ccccc2CO)CC1. The molecule has 0 atom stereocenters. The van der Waals surface area contributed by atoms with E-state index < -0.39 is 0 Å². The van der Waals surface area contributed by atoms with E-state index in [1.54, 1.807) is 0 Å². The van der Waals surface area contributed by atoms with Crippen LogP contribution in [0.25, 0.3) is 0 Å². The lowest BCUT2D eigenvalue weighted by molar-refractivity contribution is 0.168. The summed E-state index contributed by atoms with van der Waals surface area (Å²) in [5, 5.41) is 9.43. The minimum atomic E-state index is 0.176. The van der Waals surface area contributed by atoms with E-state index in [9.17, 15) is 5.11 Å². The van der Waals surface area contributed by atoms with Gasteiger partial charge in [0.25, 0.3) is 0 Å². The van der Waals surface area contributed by atoms with Crippen LogP contribution in [0.2, 0.25) is 0 Å². The molecule has 0 spiro atoms. The third-order valence-electron chi connectivity index (χ3n) is 4.62. The van der Waals surface area contributed by atoms with Crippen molar-refractivity contribution in [3.63, 3.8) is 0 Å². The van der Waals surface area contributed by atoms with Crippen molar-refractivity contribution in [2.75, 3.05) is 0 Å². The molecule has 2 rings (SSSR count). The van der Waals surface area contributed by atoms with Crippen molar-refractivity contribution in [2.24, 2.45) is 11.3 Å². The fourth-order valence-electron chi connectivity index (χ4n) is 3.35. The molecular weight excluding hydrogens is 220 g/mol. The quantitative estimate of drug-likeness (QED) is 0.814. The van der Waals surface area contributed by atoms with Crippen molar-refractivity contribution >= 4 is 0 Å². The minimum absolute atomic E-state index is 0.176. The first-order valence-electron chi connectivity index (χ1n) is 7.21. The number of hydrogen-bond acceptors (Lipinski definition) is 1. The Morgan fingerprint density at radius 3 is 2.22 bits per heavy atom. The second-order valence-corrected chi connectivity index (χ2v) is 6.77. The van der Waals surface area contributed by atoms with Crippen LogP contribution in [0, 0.1) is 11.3 Å². The molecule has 0 saturated heterocycles.